The third-order valence-corrected chi connectivity index (χ3v) is 4.05. The van der Waals surface area contributed by atoms with Crippen molar-refractivity contribution in [1.82, 2.24) is 5.16 Å². The number of fused-ring (bicyclic) bond motifs is 1. The molecule has 0 bridgehead atoms. The summed E-state index contributed by atoms with van der Waals surface area (Å²) < 4.78 is 5.16. The number of hydrogen-bond acceptors (Lipinski definition) is 4. The molecule has 0 fully saturated rings. The zero-order chi connectivity index (χ0) is 10.3. The molecular weight excluding hydrogens is 208 g/mol. The highest BCUT2D eigenvalue weighted by Gasteiger charge is 2.17. The Labute approximate surface area is 91.9 Å². The Morgan fingerprint density at radius 3 is 2.93 bits per heavy atom. The van der Waals surface area contributed by atoms with Crippen molar-refractivity contribution in [1.29, 1.82) is 0 Å². The van der Waals surface area contributed by atoms with Crippen LogP contribution in [-0.4, -0.2) is 5.16 Å². The molecule has 3 nitrogen and oxygen atoms in total. The van der Waals surface area contributed by atoms with Crippen LogP contribution in [0.1, 0.15) is 23.3 Å². The molecule has 0 spiro atoms. The molecule has 2 heterocycles. The quantitative estimate of drug-likeness (QED) is 0.804. The zero-order valence-electron chi connectivity index (χ0n) is 8.32. The van der Waals surface area contributed by atoms with Gasteiger partial charge in [-0.3, -0.25) is 0 Å². The minimum atomic E-state index is 0.633. The molecule has 1 aliphatic rings. The number of nitrogen functional groups attached to an aromatic ring is 1. The second kappa shape index (κ2) is 3.38. The first kappa shape index (κ1) is 8.97. The summed E-state index contributed by atoms with van der Waals surface area (Å²) in [6.45, 7) is 0. The molecule has 0 atom stereocenters. The van der Waals surface area contributed by atoms with Gasteiger partial charge in [0, 0.05) is 4.88 Å². The lowest BCUT2D eigenvalue weighted by atomic mass is 9.99. The fraction of sp³-hybridized carbons (Fsp3) is 0.364. The lowest BCUT2D eigenvalue weighted by molar-refractivity contribution is 0.433. The van der Waals surface area contributed by atoms with Crippen LogP contribution in [0.25, 0.3) is 10.6 Å². The van der Waals surface area contributed by atoms with E-state index in [1.807, 2.05) is 0 Å². The predicted molar refractivity (Wildman–Crippen MR) is 60.9 cm³/mol. The molecule has 0 amide bonds. The van der Waals surface area contributed by atoms with Crippen molar-refractivity contribution in [3.8, 4) is 10.6 Å². The summed E-state index contributed by atoms with van der Waals surface area (Å²) in [6.07, 6.45) is 6.57. The molecule has 0 radical (unpaired) electrons. The summed E-state index contributed by atoms with van der Waals surface area (Å²) >= 11 is 1.79. The van der Waals surface area contributed by atoms with Gasteiger partial charge in [0.2, 0.25) is 0 Å². The van der Waals surface area contributed by atoms with Crippen molar-refractivity contribution >= 4 is 17.0 Å². The second-order valence-corrected chi connectivity index (χ2v) is 5.01. The number of nitrogens with zero attached hydrogens (tertiary/aromatic N) is 1. The van der Waals surface area contributed by atoms with Crippen LogP contribution in [0, 0.1) is 0 Å². The van der Waals surface area contributed by atoms with Gasteiger partial charge in [-0.25, -0.2) is 0 Å². The predicted octanol–water partition coefficient (Wildman–Crippen LogP) is 2.86. The summed E-state index contributed by atoms with van der Waals surface area (Å²) in [7, 11) is 0. The van der Waals surface area contributed by atoms with Crippen LogP contribution in [-0.2, 0) is 12.8 Å². The smallest absolute Gasteiger partial charge is 0.199 e. The largest absolute Gasteiger partial charge is 0.394 e. The van der Waals surface area contributed by atoms with E-state index < -0.39 is 0 Å². The van der Waals surface area contributed by atoms with Gasteiger partial charge in [0.05, 0.1) is 11.1 Å². The van der Waals surface area contributed by atoms with Gasteiger partial charge in [0.1, 0.15) is 5.69 Å². The third kappa shape index (κ3) is 1.45. The van der Waals surface area contributed by atoms with Crippen molar-refractivity contribution < 1.29 is 4.52 Å². The number of aromatic nitrogens is 1. The molecule has 3 rings (SSSR count). The molecule has 15 heavy (non-hydrogen) atoms. The highest BCUT2D eigenvalue weighted by Crippen LogP contribution is 2.37. The van der Waals surface area contributed by atoms with Crippen LogP contribution in [0.3, 0.4) is 0 Å². The molecule has 0 saturated heterocycles. The average Bonchev–Trinajstić information content (AvgIpc) is 2.82. The summed E-state index contributed by atoms with van der Waals surface area (Å²) in [6, 6.07) is 2.20. The van der Waals surface area contributed by atoms with Gasteiger partial charge in [0.15, 0.2) is 5.76 Å². The molecule has 0 saturated carbocycles. The molecule has 78 valence electrons. The highest BCUT2D eigenvalue weighted by atomic mass is 32.1. The van der Waals surface area contributed by atoms with E-state index in [-0.39, 0.29) is 0 Å². The monoisotopic (exact) mass is 220 g/mol. The van der Waals surface area contributed by atoms with Crippen molar-refractivity contribution in [3.63, 3.8) is 0 Å². The first-order valence-electron chi connectivity index (χ1n) is 5.16. The number of thiophene rings is 1. The van der Waals surface area contributed by atoms with Gasteiger partial charge >= 0.3 is 0 Å². The SMILES string of the molecule is Nc1cnoc1-c1cc2c(s1)CCCC2. The van der Waals surface area contributed by atoms with Gasteiger partial charge in [-0.1, -0.05) is 5.16 Å². The van der Waals surface area contributed by atoms with Crippen LogP contribution >= 0.6 is 11.3 Å². The van der Waals surface area contributed by atoms with Crippen molar-refractivity contribution in [3.05, 3.63) is 22.7 Å². The fourth-order valence-corrected chi connectivity index (χ4v) is 3.29. The Kier molecular flexibility index (Phi) is 2.02. The second-order valence-electron chi connectivity index (χ2n) is 3.88. The highest BCUT2D eigenvalue weighted by molar-refractivity contribution is 7.15. The van der Waals surface area contributed by atoms with E-state index in [1.165, 1.54) is 36.1 Å². The van der Waals surface area contributed by atoms with Gasteiger partial charge in [-0.05, 0) is 37.3 Å². The topological polar surface area (TPSA) is 52.0 Å². The Morgan fingerprint density at radius 1 is 1.33 bits per heavy atom. The van der Waals surface area contributed by atoms with Crippen molar-refractivity contribution in [2.24, 2.45) is 0 Å². The first-order valence-corrected chi connectivity index (χ1v) is 5.98. The molecule has 2 aromatic rings. The van der Waals surface area contributed by atoms with Crippen molar-refractivity contribution in [2.45, 2.75) is 25.7 Å². The standard InChI is InChI=1S/C11H12N2OS/c12-8-6-13-14-11(8)10-5-7-3-1-2-4-9(7)15-10/h5-6H,1-4,12H2. The number of rotatable bonds is 1. The molecule has 2 aromatic heterocycles. The molecule has 0 aliphatic heterocycles. The minimum Gasteiger partial charge on any atom is -0.394 e. The summed E-state index contributed by atoms with van der Waals surface area (Å²) in [5.41, 5.74) is 7.88. The molecule has 1 aliphatic carbocycles. The van der Waals surface area contributed by atoms with Crippen LogP contribution in [0.4, 0.5) is 5.69 Å². The maximum absolute atomic E-state index is 5.78. The summed E-state index contributed by atoms with van der Waals surface area (Å²) in [5, 5.41) is 3.71. The molecular formula is C11H12N2OS. The Bertz CT molecular complexity index is 463. The van der Waals surface area contributed by atoms with Gasteiger partial charge in [-0.15, -0.1) is 11.3 Å². The number of anilines is 1. The molecule has 4 heteroatoms. The normalized spacial score (nSPS) is 15.2. The maximum atomic E-state index is 5.78. The number of aryl methyl sites for hydroxylation is 2. The lowest BCUT2D eigenvalue weighted by Crippen LogP contribution is -1.96. The van der Waals surface area contributed by atoms with Crippen LogP contribution < -0.4 is 5.73 Å². The first-order chi connectivity index (χ1) is 7.34. The van der Waals surface area contributed by atoms with E-state index in [0.717, 1.165) is 10.6 Å². The lowest BCUT2D eigenvalue weighted by Gasteiger charge is -2.08. The minimum absolute atomic E-state index is 0.633. The van der Waals surface area contributed by atoms with Gasteiger partial charge in [0.25, 0.3) is 0 Å². The molecule has 2 N–H and O–H groups in total. The van der Waals surface area contributed by atoms with Crippen LogP contribution in [0.2, 0.25) is 0 Å². The number of nitrogens with two attached hydrogens (primary N) is 1. The zero-order valence-corrected chi connectivity index (χ0v) is 9.14. The molecule has 0 aromatic carbocycles. The Hall–Kier alpha value is -1.29. The van der Waals surface area contributed by atoms with Gasteiger partial charge in [-0.2, -0.15) is 0 Å². The summed E-state index contributed by atoms with van der Waals surface area (Å²) in [5.74, 6) is 0.731. The summed E-state index contributed by atoms with van der Waals surface area (Å²) in [4.78, 5) is 2.61. The van der Waals surface area contributed by atoms with E-state index in [1.54, 1.807) is 17.5 Å². The van der Waals surface area contributed by atoms with Gasteiger partial charge < -0.3 is 10.3 Å². The van der Waals surface area contributed by atoms with Crippen molar-refractivity contribution in [2.75, 3.05) is 5.73 Å². The van der Waals surface area contributed by atoms with E-state index in [2.05, 4.69) is 11.2 Å². The van der Waals surface area contributed by atoms with E-state index in [4.69, 9.17) is 10.3 Å². The molecule has 0 unspecified atom stereocenters. The fourth-order valence-electron chi connectivity index (χ4n) is 2.04. The van der Waals surface area contributed by atoms with E-state index in [9.17, 15) is 0 Å². The Morgan fingerprint density at radius 2 is 2.20 bits per heavy atom. The van der Waals surface area contributed by atoms with E-state index >= 15 is 0 Å². The maximum Gasteiger partial charge on any atom is 0.199 e. The Balaban J connectivity index is 2.06. The van der Waals surface area contributed by atoms with E-state index in [0.29, 0.717) is 5.69 Å². The third-order valence-electron chi connectivity index (χ3n) is 2.82. The van der Waals surface area contributed by atoms with Crippen LogP contribution in [0.15, 0.2) is 16.8 Å². The average molecular weight is 220 g/mol. The number of hydrogen-bond donors (Lipinski definition) is 1. The van der Waals surface area contributed by atoms with Crippen LogP contribution in [0.5, 0.6) is 0 Å².